The molecule has 4 heteroatoms. The molecular weight excluding hydrogens is 284 g/mol. The van der Waals surface area contributed by atoms with Gasteiger partial charge in [-0.1, -0.05) is 41.9 Å². The quantitative estimate of drug-likeness (QED) is 0.876. The van der Waals surface area contributed by atoms with Gasteiger partial charge >= 0.3 is 0 Å². The van der Waals surface area contributed by atoms with Crippen molar-refractivity contribution < 1.29 is 4.79 Å². The second kappa shape index (κ2) is 7.25. The molecular formula is C17H19ClN2O. The zero-order chi connectivity index (χ0) is 15.2. The first-order chi connectivity index (χ1) is 10.1. The second-order valence-corrected chi connectivity index (χ2v) is 5.45. The number of rotatable bonds is 5. The van der Waals surface area contributed by atoms with Crippen LogP contribution in [-0.4, -0.2) is 11.9 Å². The maximum absolute atomic E-state index is 12.2. The molecule has 0 aromatic heterocycles. The van der Waals surface area contributed by atoms with Crippen LogP contribution in [0.3, 0.4) is 0 Å². The Hall–Kier alpha value is -1.84. The molecule has 0 aliphatic rings. The molecule has 2 atom stereocenters. The summed E-state index contributed by atoms with van der Waals surface area (Å²) in [6, 6.07) is 16.9. The molecule has 0 saturated heterocycles. The fourth-order valence-electron chi connectivity index (χ4n) is 2.07. The smallest absolute Gasteiger partial charge is 0.241 e. The highest BCUT2D eigenvalue weighted by molar-refractivity contribution is 6.30. The molecule has 2 aromatic rings. The Labute approximate surface area is 130 Å². The van der Waals surface area contributed by atoms with E-state index in [0.29, 0.717) is 5.02 Å². The van der Waals surface area contributed by atoms with Crippen LogP contribution in [0, 0.1) is 0 Å². The number of carbonyl (C=O) groups excluding carboxylic acids is 1. The minimum absolute atomic E-state index is 0.0693. The van der Waals surface area contributed by atoms with Gasteiger partial charge in [0.15, 0.2) is 0 Å². The van der Waals surface area contributed by atoms with Gasteiger partial charge in [-0.15, -0.1) is 0 Å². The maximum atomic E-state index is 12.2. The molecule has 110 valence electrons. The molecule has 1 amide bonds. The van der Waals surface area contributed by atoms with Gasteiger partial charge in [-0.2, -0.15) is 0 Å². The van der Waals surface area contributed by atoms with E-state index >= 15 is 0 Å². The van der Waals surface area contributed by atoms with Crippen molar-refractivity contribution in [3.05, 3.63) is 65.2 Å². The molecule has 0 aliphatic heterocycles. The van der Waals surface area contributed by atoms with E-state index in [4.69, 9.17) is 11.6 Å². The fraction of sp³-hybridized carbons (Fsp3) is 0.235. The van der Waals surface area contributed by atoms with Crippen LogP contribution in [-0.2, 0) is 4.79 Å². The van der Waals surface area contributed by atoms with Gasteiger partial charge in [0.25, 0.3) is 0 Å². The largest absolute Gasteiger partial charge is 0.325 e. The van der Waals surface area contributed by atoms with Crippen molar-refractivity contribution in [3.8, 4) is 0 Å². The van der Waals surface area contributed by atoms with E-state index in [0.717, 1.165) is 11.3 Å². The highest BCUT2D eigenvalue weighted by Crippen LogP contribution is 2.15. The summed E-state index contributed by atoms with van der Waals surface area (Å²) in [7, 11) is 0. The van der Waals surface area contributed by atoms with Crippen LogP contribution >= 0.6 is 11.6 Å². The van der Waals surface area contributed by atoms with Crippen LogP contribution in [0.2, 0.25) is 5.02 Å². The lowest BCUT2D eigenvalue weighted by molar-refractivity contribution is -0.117. The Balaban J connectivity index is 1.92. The highest BCUT2D eigenvalue weighted by Gasteiger charge is 2.16. The Kier molecular flexibility index (Phi) is 5.37. The number of amides is 1. The standard InChI is InChI=1S/C17H19ClN2O/c1-12(14-6-4-3-5-7-14)19-13(2)17(21)20-16-10-8-15(18)9-11-16/h3-13,19H,1-2H3,(H,20,21)/t12-,13+/m1/s1. The van der Waals surface area contributed by atoms with Crippen molar-refractivity contribution >= 4 is 23.2 Å². The van der Waals surface area contributed by atoms with E-state index in [-0.39, 0.29) is 18.0 Å². The van der Waals surface area contributed by atoms with Crippen molar-refractivity contribution in [1.29, 1.82) is 0 Å². The summed E-state index contributed by atoms with van der Waals surface area (Å²) < 4.78 is 0. The number of benzene rings is 2. The van der Waals surface area contributed by atoms with E-state index in [2.05, 4.69) is 10.6 Å². The molecule has 2 aromatic carbocycles. The summed E-state index contributed by atoms with van der Waals surface area (Å²) >= 11 is 5.82. The monoisotopic (exact) mass is 302 g/mol. The summed E-state index contributed by atoms with van der Waals surface area (Å²) in [6.07, 6.45) is 0. The third-order valence-corrected chi connectivity index (χ3v) is 3.56. The summed E-state index contributed by atoms with van der Waals surface area (Å²) in [4.78, 5) is 12.2. The van der Waals surface area contributed by atoms with Gasteiger partial charge in [0.05, 0.1) is 6.04 Å². The lowest BCUT2D eigenvalue weighted by atomic mass is 10.1. The molecule has 21 heavy (non-hydrogen) atoms. The SMILES string of the molecule is C[C@H](N[C@H](C)c1ccccc1)C(=O)Nc1ccc(Cl)cc1. The van der Waals surface area contributed by atoms with Crippen LogP contribution in [0.4, 0.5) is 5.69 Å². The first-order valence-electron chi connectivity index (χ1n) is 6.93. The molecule has 0 saturated carbocycles. The van der Waals surface area contributed by atoms with Gasteiger partial charge in [-0.05, 0) is 43.7 Å². The maximum Gasteiger partial charge on any atom is 0.241 e. The molecule has 0 spiro atoms. The molecule has 0 fully saturated rings. The number of hydrogen-bond acceptors (Lipinski definition) is 2. The molecule has 0 radical (unpaired) electrons. The van der Waals surface area contributed by atoms with Crippen LogP contribution in [0.5, 0.6) is 0 Å². The third-order valence-electron chi connectivity index (χ3n) is 3.30. The topological polar surface area (TPSA) is 41.1 Å². The van der Waals surface area contributed by atoms with Gasteiger partial charge < -0.3 is 5.32 Å². The lowest BCUT2D eigenvalue weighted by Crippen LogP contribution is -2.39. The number of carbonyl (C=O) groups is 1. The van der Waals surface area contributed by atoms with E-state index in [1.165, 1.54) is 0 Å². The summed E-state index contributed by atoms with van der Waals surface area (Å²) in [6.45, 7) is 3.89. The average Bonchev–Trinajstić information content (AvgIpc) is 2.50. The minimum Gasteiger partial charge on any atom is -0.325 e. The van der Waals surface area contributed by atoms with Crippen LogP contribution in [0.15, 0.2) is 54.6 Å². The second-order valence-electron chi connectivity index (χ2n) is 5.02. The summed E-state index contributed by atoms with van der Waals surface area (Å²) in [5.41, 5.74) is 1.90. The van der Waals surface area contributed by atoms with Gasteiger partial charge in [0.1, 0.15) is 0 Å². The van der Waals surface area contributed by atoms with Crippen LogP contribution < -0.4 is 10.6 Å². The summed E-state index contributed by atoms with van der Waals surface area (Å²) in [5, 5.41) is 6.80. The number of nitrogens with one attached hydrogen (secondary N) is 2. The molecule has 0 heterocycles. The predicted octanol–water partition coefficient (Wildman–Crippen LogP) is 4.02. The van der Waals surface area contributed by atoms with E-state index in [1.807, 2.05) is 44.2 Å². The van der Waals surface area contributed by atoms with Crippen molar-refractivity contribution in [2.24, 2.45) is 0 Å². The van der Waals surface area contributed by atoms with Gasteiger partial charge in [-0.25, -0.2) is 0 Å². The Morgan fingerprint density at radius 3 is 2.24 bits per heavy atom. The van der Waals surface area contributed by atoms with Crippen LogP contribution in [0.1, 0.15) is 25.5 Å². The minimum atomic E-state index is -0.295. The van der Waals surface area contributed by atoms with Crippen LogP contribution in [0.25, 0.3) is 0 Å². The number of hydrogen-bond donors (Lipinski definition) is 2. The Morgan fingerprint density at radius 1 is 1.00 bits per heavy atom. The molecule has 2 N–H and O–H groups in total. The van der Waals surface area contributed by atoms with Gasteiger partial charge in [0.2, 0.25) is 5.91 Å². The van der Waals surface area contributed by atoms with E-state index < -0.39 is 0 Å². The first-order valence-corrected chi connectivity index (χ1v) is 7.31. The number of anilines is 1. The zero-order valence-electron chi connectivity index (χ0n) is 12.1. The first kappa shape index (κ1) is 15.5. The molecule has 0 bridgehead atoms. The van der Waals surface area contributed by atoms with E-state index in [1.54, 1.807) is 24.3 Å². The zero-order valence-corrected chi connectivity index (χ0v) is 12.9. The van der Waals surface area contributed by atoms with Crippen molar-refractivity contribution in [2.75, 3.05) is 5.32 Å². The molecule has 0 aliphatic carbocycles. The molecule has 3 nitrogen and oxygen atoms in total. The van der Waals surface area contributed by atoms with Crippen molar-refractivity contribution in [1.82, 2.24) is 5.32 Å². The van der Waals surface area contributed by atoms with Crippen molar-refractivity contribution in [2.45, 2.75) is 25.9 Å². The molecule has 0 unspecified atom stereocenters. The van der Waals surface area contributed by atoms with Crippen molar-refractivity contribution in [3.63, 3.8) is 0 Å². The summed E-state index contributed by atoms with van der Waals surface area (Å²) in [5.74, 6) is -0.0693. The van der Waals surface area contributed by atoms with Gasteiger partial charge in [0, 0.05) is 16.8 Å². The van der Waals surface area contributed by atoms with E-state index in [9.17, 15) is 4.79 Å². The average molecular weight is 303 g/mol. The number of halogens is 1. The molecule has 2 rings (SSSR count). The normalized spacial score (nSPS) is 13.5. The fourth-order valence-corrected chi connectivity index (χ4v) is 2.20. The highest BCUT2D eigenvalue weighted by atomic mass is 35.5. The Morgan fingerprint density at radius 2 is 1.62 bits per heavy atom. The lowest BCUT2D eigenvalue weighted by Gasteiger charge is -2.20. The van der Waals surface area contributed by atoms with Gasteiger partial charge in [-0.3, -0.25) is 10.1 Å². The predicted molar refractivity (Wildman–Crippen MR) is 87.5 cm³/mol. The Bertz CT molecular complexity index is 583. The third kappa shape index (κ3) is 4.59.